The van der Waals surface area contributed by atoms with E-state index in [1.165, 1.54) is 35.2 Å². The maximum atomic E-state index is 15.1. The van der Waals surface area contributed by atoms with Gasteiger partial charge < -0.3 is 10.2 Å². The molecule has 0 aliphatic carbocycles. The first-order valence-electron chi connectivity index (χ1n) is 13.9. The van der Waals surface area contributed by atoms with E-state index in [9.17, 15) is 18.0 Å². The van der Waals surface area contributed by atoms with Crippen LogP contribution >= 0.6 is 15.9 Å². The number of amides is 2. The molecule has 0 bridgehead atoms. The summed E-state index contributed by atoms with van der Waals surface area (Å²) in [6.45, 7) is 1.63. The number of sulfonamides is 1. The van der Waals surface area contributed by atoms with E-state index in [1.54, 1.807) is 18.2 Å². The predicted octanol–water partition coefficient (Wildman–Crippen LogP) is 5.95. The zero-order valence-electron chi connectivity index (χ0n) is 23.7. The quantitative estimate of drug-likeness (QED) is 0.191. The predicted molar refractivity (Wildman–Crippen MR) is 169 cm³/mol. The molecule has 0 aromatic heterocycles. The van der Waals surface area contributed by atoms with Crippen molar-refractivity contribution in [2.24, 2.45) is 0 Å². The van der Waals surface area contributed by atoms with Crippen LogP contribution in [0.3, 0.4) is 0 Å². The van der Waals surface area contributed by atoms with Crippen molar-refractivity contribution < 1.29 is 22.4 Å². The standard InChI is InChI=1S/C33H33BrFN3O4S/c1-2-20-36-33(40)31(22-25-12-5-3-6-13-25)37(23-26-14-11-15-27(34)21-26)32(39)24-38(30-19-10-9-18-29(30)35)43(41,42)28-16-7-4-8-17-28/h3-19,21,31H,2,20,22-24H2,1H3,(H,36,40). The lowest BCUT2D eigenvalue weighted by Crippen LogP contribution is -2.53. The van der Waals surface area contributed by atoms with Gasteiger partial charge in [-0.2, -0.15) is 0 Å². The molecule has 7 nitrogen and oxygen atoms in total. The second-order valence-corrected chi connectivity index (χ2v) is 12.7. The number of para-hydroxylation sites is 1. The molecule has 0 saturated heterocycles. The van der Waals surface area contributed by atoms with Gasteiger partial charge in [0.1, 0.15) is 18.4 Å². The van der Waals surface area contributed by atoms with Crippen LogP contribution in [-0.2, 0) is 32.6 Å². The minimum Gasteiger partial charge on any atom is -0.354 e. The summed E-state index contributed by atoms with van der Waals surface area (Å²) in [6.07, 6.45) is 0.890. The van der Waals surface area contributed by atoms with E-state index in [0.29, 0.717) is 13.0 Å². The van der Waals surface area contributed by atoms with Gasteiger partial charge in [0.05, 0.1) is 10.6 Å². The molecule has 4 aromatic rings. The first kappa shape index (κ1) is 31.9. The van der Waals surface area contributed by atoms with E-state index >= 15 is 4.39 Å². The van der Waals surface area contributed by atoms with Crippen molar-refractivity contribution in [1.82, 2.24) is 10.2 Å². The van der Waals surface area contributed by atoms with Gasteiger partial charge in [0, 0.05) is 24.0 Å². The summed E-state index contributed by atoms with van der Waals surface area (Å²) in [5.41, 5.74) is 1.29. The van der Waals surface area contributed by atoms with Crippen LogP contribution in [0.15, 0.2) is 119 Å². The Morgan fingerprint density at radius 3 is 2.14 bits per heavy atom. The minimum absolute atomic E-state index is 0.0197. The normalized spacial score (nSPS) is 11.9. The number of benzene rings is 4. The fraction of sp³-hybridized carbons (Fsp3) is 0.212. The fourth-order valence-corrected chi connectivity index (χ4v) is 6.53. The Bertz CT molecular complexity index is 1640. The van der Waals surface area contributed by atoms with Crippen molar-refractivity contribution in [2.75, 3.05) is 17.4 Å². The molecule has 1 unspecified atom stereocenters. The van der Waals surface area contributed by atoms with Gasteiger partial charge in [0.25, 0.3) is 10.0 Å². The molecule has 224 valence electrons. The highest BCUT2D eigenvalue weighted by molar-refractivity contribution is 9.10. The average Bonchev–Trinajstić information content (AvgIpc) is 3.01. The topological polar surface area (TPSA) is 86.8 Å². The molecule has 0 spiro atoms. The summed E-state index contributed by atoms with van der Waals surface area (Å²) in [6, 6.07) is 28.6. The van der Waals surface area contributed by atoms with Crippen LogP contribution in [0.2, 0.25) is 0 Å². The molecule has 10 heteroatoms. The summed E-state index contributed by atoms with van der Waals surface area (Å²) >= 11 is 3.46. The Balaban J connectivity index is 1.80. The molecule has 0 heterocycles. The van der Waals surface area contributed by atoms with Crippen molar-refractivity contribution in [3.05, 3.63) is 131 Å². The van der Waals surface area contributed by atoms with E-state index < -0.39 is 34.3 Å². The third-order valence-electron chi connectivity index (χ3n) is 6.79. The molecule has 0 saturated carbocycles. The van der Waals surface area contributed by atoms with Gasteiger partial charge in [-0.05, 0) is 53.9 Å². The maximum Gasteiger partial charge on any atom is 0.264 e. The molecule has 0 aliphatic rings. The van der Waals surface area contributed by atoms with Crippen molar-refractivity contribution >= 4 is 43.5 Å². The number of hydrogen-bond acceptors (Lipinski definition) is 4. The van der Waals surface area contributed by atoms with Crippen LogP contribution < -0.4 is 9.62 Å². The van der Waals surface area contributed by atoms with Gasteiger partial charge in [-0.25, -0.2) is 12.8 Å². The van der Waals surface area contributed by atoms with Crippen molar-refractivity contribution in [3.63, 3.8) is 0 Å². The third-order valence-corrected chi connectivity index (χ3v) is 9.06. The van der Waals surface area contributed by atoms with Crippen LogP contribution in [0.4, 0.5) is 10.1 Å². The van der Waals surface area contributed by atoms with Gasteiger partial charge in [0.2, 0.25) is 11.8 Å². The molecule has 1 N–H and O–H groups in total. The molecule has 4 aromatic carbocycles. The molecule has 1 atom stereocenters. The highest BCUT2D eigenvalue weighted by atomic mass is 79.9. The molecule has 0 radical (unpaired) electrons. The van der Waals surface area contributed by atoms with Crippen LogP contribution in [0.5, 0.6) is 0 Å². The lowest BCUT2D eigenvalue weighted by Gasteiger charge is -2.34. The first-order valence-corrected chi connectivity index (χ1v) is 16.1. The number of carbonyl (C=O) groups excluding carboxylic acids is 2. The minimum atomic E-state index is -4.37. The summed E-state index contributed by atoms with van der Waals surface area (Å²) in [5, 5.41) is 2.90. The van der Waals surface area contributed by atoms with E-state index in [4.69, 9.17) is 0 Å². The smallest absolute Gasteiger partial charge is 0.264 e. The SMILES string of the molecule is CCCNC(=O)C(Cc1ccccc1)N(Cc1cccc(Br)c1)C(=O)CN(c1ccccc1F)S(=O)(=O)c1ccccc1. The van der Waals surface area contributed by atoms with Gasteiger partial charge >= 0.3 is 0 Å². The second kappa shape index (κ2) is 14.9. The summed E-state index contributed by atoms with van der Waals surface area (Å²) < 4.78 is 44.5. The van der Waals surface area contributed by atoms with Crippen LogP contribution in [-0.4, -0.2) is 44.3 Å². The van der Waals surface area contributed by atoms with Gasteiger partial charge in [-0.1, -0.05) is 95.7 Å². The van der Waals surface area contributed by atoms with Crippen molar-refractivity contribution in [2.45, 2.75) is 37.2 Å². The molecular formula is C33H33BrFN3O4S. The van der Waals surface area contributed by atoms with Crippen LogP contribution in [0.1, 0.15) is 24.5 Å². The van der Waals surface area contributed by atoms with E-state index in [-0.39, 0.29) is 29.5 Å². The average molecular weight is 667 g/mol. The highest BCUT2D eigenvalue weighted by Gasteiger charge is 2.35. The second-order valence-electron chi connectivity index (χ2n) is 9.92. The Morgan fingerprint density at radius 2 is 1.49 bits per heavy atom. The molecule has 43 heavy (non-hydrogen) atoms. The zero-order chi connectivity index (χ0) is 30.8. The largest absolute Gasteiger partial charge is 0.354 e. The summed E-state index contributed by atoms with van der Waals surface area (Å²) in [7, 11) is -4.37. The first-order chi connectivity index (χ1) is 20.7. The number of rotatable bonds is 13. The Hall–Kier alpha value is -4.02. The lowest BCUT2D eigenvalue weighted by molar-refractivity contribution is -0.140. The summed E-state index contributed by atoms with van der Waals surface area (Å²) in [4.78, 5) is 29.2. The monoisotopic (exact) mass is 665 g/mol. The summed E-state index contributed by atoms with van der Waals surface area (Å²) in [5.74, 6) is -1.82. The Kier molecular flexibility index (Phi) is 11.1. The number of nitrogens with zero attached hydrogens (tertiary/aromatic N) is 2. The Morgan fingerprint density at radius 1 is 0.860 bits per heavy atom. The molecule has 0 aliphatic heterocycles. The molecule has 4 rings (SSSR count). The lowest BCUT2D eigenvalue weighted by atomic mass is 10.0. The van der Waals surface area contributed by atoms with Crippen molar-refractivity contribution in [3.8, 4) is 0 Å². The third kappa shape index (κ3) is 8.30. The Labute approximate surface area is 260 Å². The van der Waals surface area contributed by atoms with E-state index in [0.717, 1.165) is 26.0 Å². The highest BCUT2D eigenvalue weighted by Crippen LogP contribution is 2.27. The molecule has 2 amide bonds. The number of halogens is 2. The van der Waals surface area contributed by atoms with E-state index in [1.807, 2.05) is 61.5 Å². The van der Waals surface area contributed by atoms with Crippen molar-refractivity contribution in [1.29, 1.82) is 0 Å². The zero-order valence-corrected chi connectivity index (χ0v) is 26.1. The van der Waals surface area contributed by atoms with Crippen LogP contribution in [0, 0.1) is 5.82 Å². The van der Waals surface area contributed by atoms with Gasteiger partial charge in [-0.15, -0.1) is 0 Å². The maximum absolute atomic E-state index is 15.1. The number of anilines is 1. The molecule has 0 fully saturated rings. The van der Waals surface area contributed by atoms with Crippen LogP contribution in [0.25, 0.3) is 0 Å². The molecular weight excluding hydrogens is 633 g/mol. The number of nitrogens with one attached hydrogen (secondary N) is 1. The van der Waals surface area contributed by atoms with Gasteiger partial charge in [-0.3, -0.25) is 13.9 Å². The number of carbonyl (C=O) groups is 2. The number of hydrogen-bond donors (Lipinski definition) is 1. The van der Waals surface area contributed by atoms with Gasteiger partial charge in [0.15, 0.2) is 0 Å². The fourth-order valence-electron chi connectivity index (χ4n) is 4.64. The van der Waals surface area contributed by atoms with E-state index in [2.05, 4.69) is 21.2 Å².